The lowest BCUT2D eigenvalue weighted by Gasteiger charge is -2.14. The highest BCUT2D eigenvalue weighted by atomic mass is 35.5. The number of benzene rings is 1. The number of unbranched alkanes of at least 4 members (excludes halogenated alkanes) is 1. The number of halogens is 1. The molecule has 0 aliphatic heterocycles. The van der Waals surface area contributed by atoms with Gasteiger partial charge in [-0.2, -0.15) is 0 Å². The molecular formula is C14H16ClNO2. The lowest BCUT2D eigenvalue weighted by Crippen LogP contribution is -2.36. The molecule has 1 unspecified atom stereocenters. The lowest BCUT2D eigenvalue weighted by atomic mass is 10.3. The summed E-state index contributed by atoms with van der Waals surface area (Å²) in [4.78, 5) is 11.7. The molecule has 0 saturated heterocycles. The van der Waals surface area contributed by atoms with Gasteiger partial charge < -0.3 is 10.1 Å². The maximum atomic E-state index is 11.7. The average molecular weight is 266 g/mol. The Kier molecular flexibility index (Phi) is 6.10. The van der Waals surface area contributed by atoms with Crippen molar-refractivity contribution >= 4 is 17.5 Å². The van der Waals surface area contributed by atoms with Gasteiger partial charge >= 0.3 is 0 Å². The van der Waals surface area contributed by atoms with Crippen LogP contribution in [0.3, 0.4) is 0 Å². The molecule has 0 fully saturated rings. The summed E-state index contributed by atoms with van der Waals surface area (Å²) in [6.45, 7) is 2.25. The van der Waals surface area contributed by atoms with Gasteiger partial charge in [-0.1, -0.05) is 17.7 Å². The molecule has 0 heterocycles. The highest BCUT2D eigenvalue weighted by molar-refractivity contribution is 6.30. The Morgan fingerprint density at radius 2 is 2.39 bits per heavy atom. The lowest BCUT2D eigenvalue weighted by molar-refractivity contribution is -0.127. The molecule has 0 aromatic heterocycles. The van der Waals surface area contributed by atoms with Crippen LogP contribution in [0.25, 0.3) is 0 Å². The van der Waals surface area contributed by atoms with Gasteiger partial charge in [-0.3, -0.25) is 4.79 Å². The van der Waals surface area contributed by atoms with Crippen LogP contribution in [0.1, 0.15) is 19.8 Å². The fourth-order valence-electron chi connectivity index (χ4n) is 1.34. The molecule has 1 aromatic carbocycles. The zero-order valence-electron chi connectivity index (χ0n) is 10.3. The van der Waals surface area contributed by atoms with Gasteiger partial charge in [0.25, 0.3) is 5.91 Å². The summed E-state index contributed by atoms with van der Waals surface area (Å²) in [6.07, 6.45) is 5.99. The van der Waals surface area contributed by atoms with E-state index in [1.807, 2.05) is 0 Å². The van der Waals surface area contributed by atoms with E-state index in [-0.39, 0.29) is 5.91 Å². The van der Waals surface area contributed by atoms with Gasteiger partial charge in [-0.25, -0.2) is 0 Å². The van der Waals surface area contributed by atoms with Crippen LogP contribution in [-0.4, -0.2) is 18.6 Å². The number of nitrogens with one attached hydrogen (secondary N) is 1. The summed E-state index contributed by atoms with van der Waals surface area (Å²) in [6, 6.07) is 6.95. The van der Waals surface area contributed by atoms with Crippen LogP contribution in [0.2, 0.25) is 5.02 Å². The Bertz CT molecular complexity index is 440. The van der Waals surface area contributed by atoms with E-state index in [2.05, 4.69) is 11.2 Å². The molecule has 4 heteroatoms. The van der Waals surface area contributed by atoms with Crippen molar-refractivity contribution in [3.63, 3.8) is 0 Å². The summed E-state index contributed by atoms with van der Waals surface area (Å²) in [7, 11) is 0. The van der Waals surface area contributed by atoms with Gasteiger partial charge in [0.05, 0.1) is 0 Å². The second kappa shape index (κ2) is 7.62. The molecule has 0 spiro atoms. The number of amides is 1. The first kappa shape index (κ1) is 14.4. The van der Waals surface area contributed by atoms with Crippen molar-refractivity contribution in [2.45, 2.75) is 25.9 Å². The monoisotopic (exact) mass is 265 g/mol. The first-order valence-electron chi connectivity index (χ1n) is 5.77. The molecule has 0 aliphatic rings. The standard InChI is InChI=1S/C14H16ClNO2/c1-3-4-5-9-16-14(17)11(2)18-13-8-6-7-12(15)10-13/h1,6-8,10-11H,4-5,9H2,2H3,(H,16,17). The molecule has 1 rings (SSSR count). The smallest absolute Gasteiger partial charge is 0.260 e. The predicted octanol–water partition coefficient (Wildman–Crippen LogP) is 2.64. The summed E-state index contributed by atoms with van der Waals surface area (Å²) >= 11 is 5.83. The first-order chi connectivity index (χ1) is 8.63. The van der Waals surface area contributed by atoms with Gasteiger partial charge in [-0.05, 0) is 31.5 Å². The summed E-state index contributed by atoms with van der Waals surface area (Å²) in [5.41, 5.74) is 0. The number of hydrogen-bond acceptors (Lipinski definition) is 2. The van der Waals surface area contributed by atoms with Gasteiger partial charge in [0.1, 0.15) is 5.75 Å². The van der Waals surface area contributed by atoms with Crippen LogP contribution >= 0.6 is 11.6 Å². The van der Waals surface area contributed by atoms with E-state index in [0.29, 0.717) is 23.7 Å². The Morgan fingerprint density at radius 1 is 1.61 bits per heavy atom. The van der Waals surface area contributed by atoms with Gasteiger partial charge in [-0.15, -0.1) is 12.3 Å². The maximum absolute atomic E-state index is 11.7. The molecule has 0 radical (unpaired) electrons. The number of carbonyl (C=O) groups excluding carboxylic acids is 1. The predicted molar refractivity (Wildman–Crippen MR) is 72.6 cm³/mol. The quantitative estimate of drug-likeness (QED) is 0.634. The van der Waals surface area contributed by atoms with Crippen LogP contribution in [-0.2, 0) is 4.79 Å². The van der Waals surface area contributed by atoms with Crippen LogP contribution in [0.5, 0.6) is 5.75 Å². The Labute approximate surface area is 112 Å². The molecule has 18 heavy (non-hydrogen) atoms. The minimum Gasteiger partial charge on any atom is -0.481 e. The minimum absolute atomic E-state index is 0.160. The van der Waals surface area contributed by atoms with Crippen molar-refractivity contribution in [1.82, 2.24) is 5.32 Å². The van der Waals surface area contributed by atoms with Crippen LogP contribution in [0, 0.1) is 12.3 Å². The Balaban J connectivity index is 2.38. The number of rotatable bonds is 6. The highest BCUT2D eigenvalue weighted by Crippen LogP contribution is 2.18. The third-order valence-corrected chi connectivity index (χ3v) is 2.51. The third-order valence-electron chi connectivity index (χ3n) is 2.28. The third kappa shape index (κ3) is 5.11. The van der Waals surface area contributed by atoms with Crippen molar-refractivity contribution < 1.29 is 9.53 Å². The largest absolute Gasteiger partial charge is 0.481 e. The van der Waals surface area contributed by atoms with Crippen LogP contribution < -0.4 is 10.1 Å². The van der Waals surface area contributed by atoms with E-state index in [4.69, 9.17) is 22.8 Å². The van der Waals surface area contributed by atoms with Crippen molar-refractivity contribution in [3.05, 3.63) is 29.3 Å². The van der Waals surface area contributed by atoms with Gasteiger partial charge in [0.2, 0.25) is 0 Å². The van der Waals surface area contributed by atoms with Crippen molar-refractivity contribution in [2.75, 3.05) is 6.54 Å². The fourth-order valence-corrected chi connectivity index (χ4v) is 1.52. The van der Waals surface area contributed by atoms with Crippen LogP contribution in [0.15, 0.2) is 24.3 Å². The van der Waals surface area contributed by atoms with Crippen LogP contribution in [0.4, 0.5) is 0 Å². The number of hydrogen-bond donors (Lipinski definition) is 1. The minimum atomic E-state index is -0.561. The van der Waals surface area contributed by atoms with E-state index >= 15 is 0 Å². The summed E-state index contributed by atoms with van der Waals surface area (Å²) < 4.78 is 5.48. The fraction of sp³-hybridized carbons (Fsp3) is 0.357. The molecule has 3 nitrogen and oxygen atoms in total. The Hall–Kier alpha value is -1.66. The molecule has 96 valence electrons. The molecule has 1 amide bonds. The van der Waals surface area contributed by atoms with Crippen molar-refractivity contribution in [3.8, 4) is 18.1 Å². The van der Waals surface area contributed by atoms with E-state index in [9.17, 15) is 4.79 Å². The topological polar surface area (TPSA) is 38.3 Å². The highest BCUT2D eigenvalue weighted by Gasteiger charge is 2.13. The molecular weight excluding hydrogens is 250 g/mol. The average Bonchev–Trinajstić information content (AvgIpc) is 2.34. The molecule has 1 atom stereocenters. The van der Waals surface area contributed by atoms with Crippen molar-refractivity contribution in [2.24, 2.45) is 0 Å². The van der Waals surface area contributed by atoms with Crippen molar-refractivity contribution in [1.29, 1.82) is 0 Å². The van der Waals surface area contributed by atoms with E-state index in [0.717, 1.165) is 6.42 Å². The van der Waals surface area contributed by atoms with E-state index in [1.54, 1.807) is 31.2 Å². The molecule has 0 saturated carbocycles. The van der Waals surface area contributed by atoms with Gasteiger partial charge in [0.15, 0.2) is 6.10 Å². The maximum Gasteiger partial charge on any atom is 0.260 e. The number of carbonyl (C=O) groups is 1. The zero-order chi connectivity index (χ0) is 13.4. The first-order valence-corrected chi connectivity index (χ1v) is 6.14. The summed E-state index contributed by atoms with van der Waals surface area (Å²) in [5, 5.41) is 3.34. The second-order valence-electron chi connectivity index (χ2n) is 3.82. The summed E-state index contributed by atoms with van der Waals surface area (Å²) in [5.74, 6) is 2.94. The zero-order valence-corrected chi connectivity index (χ0v) is 11.0. The molecule has 0 bridgehead atoms. The Morgan fingerprint density at radius 3 is 3.06 bits per heavy atom. The molecule has 1 N–H and O–H groups in total. The van der Waals surface area contributed by atoms with E-state index in [1.165, 1.54) is 0 Å². The normalized spacial score (nSPS) is 11.4. The van der Waals surface area contributed by atoms with Gasteiger partial charge in [0, 0.05) is 18.0 Å². The molecule has 1 aromatic rings. The van der Waals surface area contributed by atoms with E-state index < -0.39 is 6.10 Å². The molecule has 0 aliphatic carbocycles. The second-order valence-corrected chi connectivity index (χ2v) is 4.25. The number of ether oxygens (including phenoxy) is 1. The SMILES string of the molecule is C#CCCCNC(=O)C(C)Oc1cccc(Cl)c1. The number of terminal acetylenes is 1.